The Morgan fingerprint density at radius 3 is 2.44 bits per heavy atom. The molecular weight excluding hydrogens is 298 g/mol. The number of hydrogen-bond acceptors (Lipinski definition) is 4. The van der Waals surface area contributed by atoms with Crippen molar-refractivity contribution < 1.29 is 14.3 Å². The fourth-order valence-corrected chi connectivity index (χ4v) is 1.48. The van der Waals surface area contributed by atoms with E-state index in [1.165, 1.54) is 13.1 Å². The first kappa shape index (κ1) is 14.4. The van der Waals surface area contributed by atoms with E-state index in [-0.39, 0.29) is 18.0 Å². The van der Waals surface area contributed by atoms with Gasteiger partial charge in [0.05, 0.1) is 6.61 Å². The Bertz CT molecular complexity index is 466. The minimum atomic E-state index is -0.616. The molecule has 1 aromatic carbocycles. The molecule has 1 aromatic rings. The fraction of sp³-hybridized carbons (Fsp3) is 0.231. The van der Waals surface area contributed by atoms with Crippen LogP contribution in [0.2, 0.25) is 0 Å². The highest BCUT2D eigenvalue weighted by Crippen LogP contribution is 2.14. The Labute approximate surface area is 114 Å². The quantitative estimate of drug-likeness (QED) is 0.393. The average molecular weight is 312 g/mol. The first-order valence-corrected chi connectivity index (χ1v) is 6.24. The number of rotatable bonds is 5. The predicted octanol–water partition coefficient (Wildman–Crippen LogP) is 2.90. The molecule has 0 heterocycles. The third kappa shape index (κ3) is 4.33. The summed E-state index contributed by atoms with van der Waals surface area (Å²) in [4.78, 5) is 22.8. The van der Waals surface area contributed by atoms with Crippen LogP contribution in [0, 0.1) is 0 Å². The lowest BCUT2D eigenvalue weighted by Crippen LogP contribution is -2.15. The fourth-order valence-electron chi connectivity index (χ4n) is 1.21. The third-order valence-corrected chi connectivity index (χ3v) is 2.63. The van der Waals surface area contributed by atoms with Crippen molar-refractivity contribution >= 4 is 33.4 Å². The second-order valence-electron chi connectivity index (χ2n) is 3.49. The number of benzene rings is 1. The number of hydrogen-bond donors (Lipinski definition) is 1. The van der Waals surface area contributed by atoms with Crippen LogP contribution in [0.5, 0.6) is 0 Å². The van der Waals surface area contributed by atoms with Crippen LogP contribution in [0.3, 0.4) is 0 Å². The Hall–Kier alpha value is -1.62. The molecule has 1 N–H and O–H groups in total. The zero-order valence-corrected chi connectivity index (χ0v) is 11.8. The Morgan fingerprint density at radius 2 is 1.94 bits per heavy atom. The molecule has 0 aromatic heterocycles. The van der Waals surface area contributed by atoms with Crippen LogP contribution in [0.15, 0.2) is 40.5 Å². The van der Waals surface area contributed by atoms with Crippen LogP contribution < -0.4 is 5.32 Å². The van der Waals surface area contributed by atoms with E-state index in [1.807, 2.05) is 24.3 Å². The van der Waals surface area contributed by atoms with E-state index in [4.69, 9.17) is 4.74 Å². The number of ketones is 1. The maximum absolute atomic E-state index is 11.5. The largest absolute Gasteiger partial charge is 0.462 e. The molecule has 0 spiro atoms. The molecular formula is C13H14BrNO3. The van der Waals surface area contributed by atoms with E-state index in [0.717, 1.165) is 10.2 Å². The van der Waals surface area contributed by atoms with Gasteiger partial charge in [-0.25, -0.2) is 4.79 Å². The minimum absolute atomic E-state index is 0.000214. The van der Waals surface area contributed by atoms with E-state index in [1.54, 1.807) is 6.92 Å². The van der Waals surface area contributed by atoms with Crippen molar-refractivity contribution in [2.75, 3.05) is 11.9 Å². The van der Waals surface area contributed by atoms with Gasteiger partial charge in [0.15, 0.2) is 5.78 Å². The summed E-state index contributed by atoms with van der Waals surface area (Å²) < 4.78 is 5.75. The number of anilines is 1. The molecule has 0 aliphatic rings. The molecule has 0 amide bonds. The monoisotopic (exact) mass is 311 g/mol. The molecule has 0 fully saturated rings. The normalized spacial score (nSPS) is 10.9. The van der Waals surface area contributed by atoms with Crippen molar-refractivity contribution in [2.24, 2.45) is 0 Å². The molecule has 0 saturated carbocycles. The lowest BCUT2D eigenvalue weighted by Gasteiger charge is -2.05. The average Bonchev–Trinajstić information content (AvgIpc) is 2.31. The minimum Gasteiger partial charge on any atom is -0.462 e. The van der Waals surface area contributed by atoms with Gasteiger partial charge in [-0.1, -0.05) is 15.9 Å². The summed E-state index contributed by atoms with van der Waals surface area (Å²) in [7, 11) is 0. The van der Waals surface area contributed by atoms with Gasteiger partial charge in [0, 0.05) is 16.4 Å². The van der Waals surface area contributed by atoms with Crippen molar-refractivity contribution in [3.8, 4) is 0 Å². The molecule has 5 heteroatoms. The molecule has 1 rings (SSSR count). The number of halogens is 1. The van der Waals surface area contributed by atoms with Crippen LogP contribution in [-0.4, -0.2) is 18.4 Å². The molecule has 0 atom stereocenters. The number of nitrogens with one attached hydrogen (secondary N) is 1. The van der Waals surface area contributed by atoms with E-state index < -0.39 is 5.97 Å². The number of Topliss-reactive ketones (excluding diaryl/α,β-unsaturated/α-hetero) is 1. The zero-order chi connectivity index (χ0) is 13.5. The zero-order valence-electron chi connectivity index (χ0n) is 10.2. The van der Waals surface area contributed by atoms with Gasteiger partial charge in [-0.2, -0.15) is 0 Å². The van der Waals surface area contributed by atoms with Crippen LogP contribution in [0.1, 0.15) is 13.8 Å². The van der Waals surface area contributed by atoms with Crippen LogP contribution >= 0.6 is 15.9 Å². The van der Waals surface area contributed by atoms with Crippen molar-refractivity contribution in [3.63, 3.8) is 0 Å². The number of ether oxygens (including phenoxy) is 1. The summed E-state index contributed by atoms with van der Waals surface area (Å²) in [5, 5.41) is 2.89. The summed E-state index contributed by atoms with van der Waals surface area (Å²) in [6.07, 6.45) is 1.36. The van der Waals surface area contributed by atoms with Crippen LogP contribution in [-0.2, 0) is 14.3 Å². The third-order valence-electron chi connectivity index (χ3n) is 2.10. The van der Waals surface area contributed by atoms with Gasteiger partial charge in [-0.15, -0.1) is 0 Å². The second-order valence-corrected chi connectivity index (χ2v) is 4.40. The number of carbonyl (C=O) groups excluding carboxylic acids is 2. The number of carbonyl (C=O) groups is 2. The highest BCUT2D eigenvalue weighted by Gasteiger charge is 2.15. The Morgan fingerprint density at radius 1 is 1.33 bits per heavy atom. The van der Waals surface area contributed by atoms with Gasteiger partial charge in [0.1, 0.15) is 5.57 Å². The van der Waals surface area contributed by atoms with Crippen molar-refractivity contribution in [1.29, 1.82) is 0 Å². The van der Waals surface area contributed by atoms with Gasteiger partial charge in [0.25, 0.3) is 0 Å². The molecule has 96 valence electrons. The lowest BCUT2D eigenvalue weighted by atomic mass is 10.2. The Balaban J connectivity index is 2.80. The highest BCUT2D eigenvalue weighted by atomic mass is 79.9. The lowest BCUT2D eigenvalue weighted by molar-refractivity contribution is -0.139. The predicted molar refractivity (Wildman–Crippen MR) is 73.2 cm³/mol. The van der Waals surface area contributed by atoms with Crippen molar-refractivity contribution in [2.45, 2.75) is 13.8 Å². The molecule has 0 aliphatic carbocycles. The van der Waals surface area contributed by atoms with Gasteiger partial charge in [0.2, 0.25) is 0 Å². The molecule has 0 unspecified atom stereocenters. The molecule has 18 heavy (non-hydrogen) atoms. The second kappa shape index (κ2) is 6.96. The maximum Gasteiger partial charge on any atom is 0.343 e. The first-order chi connectivity index (χ1) is 8.54. The van der Waals surface area contributed by atoms with Gasteiger partial charge in [-0.05, 0) is 38.1 Å². The summed E-state index contributed by atoms with van der Waals surface area (Å²) in [5.41, 5.74) is 0.779. The standard InChI is InChI=1S/C13H14BrNO3/c1-3-18-13(17)12(9(2)16)8-15-11-6-4-10(14)5-7-11/h4-8,15H,3H2,1-2H3. The molecule has 4 nitrogen and oxygen atoms in total. The van der Waals surface area contributed by atoms with Crippen molar-refractivity contribution in [3.05, 3.63) is 40.5 Å². The van der Waals surface area contributed by atoms with E-state index in [9.17, 15) is 9.59 Å². The summed E-state index contributed by atoms with van der Waals surface area (Å²) in [5.74, 6) is -0.951. The highest BCUT2D eigenvalue weighted by molar-refractivity contribution is 9.10. The molecule has 0 saturated heterocycles. The van der Waals surface area contributed by atoms with E-state index >= 15 is 0 Å². The molecule has 0 aliphatic heterocycles. The van der Waals surface area contributed by atoms with Crippen LogP contribution in [0.4, 0.5) is 5.69 Å². The summed E-state index contributed by atoms with van der Waals surface area (Å²) in [6, 6.07) is 7.36. The van der Waals surface area contributed by atoms with Crippen LogP contribution in [0.25, 0.3) is 0 Å². The van der Waals surface area contributed by atoms with E-state index in [2.05, 4.69) is 21.2 Å². The molecule has 0 radical (unpaired) electrons. The Kier molecular flexibility index (Phi) is 5.58. The van der Waals surface area contributed by atoms with Gasteiger partial charge < -0.3 is 10.1 Å². The van der Waals surface area contributed by atoms with Crippen molar-refractivity contribution in [1.82, 2.24) is 0 Å². The topological polar surface area (TPSA) is 55.4 Å². The van der Waals surface area contributed by atoms with Gasteiger partial charge in [-0.3, -0.25) is 4.79 Å². The number of esters is 1. The van der Waals surface area contributed by atoms with Gasteiger partial charge >= 0.3 is 5.97 Å². The summed E-state index contributed by atoms with van der Waals surface area (Å²) in [6.45, 7) is 3.26. The smallest absolute Gasteiger partial charge is 0.343 e. The first-order valence-electron chi connectivity index (χ1n) is 5.45. The summed E-state index contributed by atoms with van der Waals surface area (Å²) >= 11 is 3.32. The molecule has 0 bridgehead atoms. The van der Waals surface area contributed by atoms with E-state index in [0.29, 0.717) is 0 Å². The SMILES string of the molecule is CCOC(=O)C(=CNc1ccc(Br)cc1)C(C)=O. The maximum atomic E-state index is 11.5.